The molecular weight excluding hydrogens is 444 g/mol. The van der Waals surface area contributed by atoms with E-state index in [2.05, 4.69) is 41.1 Å². The van der Waals surface area contributed by atoms with Gasteiger partial charge in [-0.1, -0.05) is 20.8 Å². The van der Waals surface area contributed by atoms with E-state index in [1.165, 1.54) is 23.9 Å². The first-order chi connectivity index (χ1) is 15.6. The van der Waals surface area contributed by atoms with Crippen LogP contribution in [0.25, 0.3) is 0 Å². The molecule has 0 aliphatic carbocycles. The minimum absolute atomic E-state index is 0.115. The molecule has 0 radical (unpaired) electrons. The van der Waals surface area contributed by atoms with Crippen molar-refractivity contribution in [1.29, 1.82) is 0 Å². The molecule has 0 spiro atoms. The number of aromatic amines is 1. The number of carbonyl (C=O) groups excluding carboxylic acids is 3. The number of H-pyrrole nitrogens is 1. The van der Waals surface area contributed by atoms with Gasteiger partial charge in [-0.05, 0) is 13.3 Å². The van der Waals surface area contributed by atoms with Crippen LogP contribution in [0.3, 0.4) is 0 Å². The van der Waals surface area contributed by atoms with Gasteiger partial charge in [0.05, 0.1) is 12.2 Å². The molecule has 11 nitrogen and oxygen atoms in total. The molecule has 33 heavy (non-hydrogen) atoms. The van der Waals surface area contributed by atoms with E-state index >= 15 is 0 Å². The standard InChI is InChI=1S/C21H24N8O3S/c1-10(25-19(32)16-11-5-6-15(30)27-17(11)24-9-23-16)20-22-8-12(33-20)18(31)26-14-7-13(28-29-14)21(2,3)4/h7-10H,5-6H2,1-4H3,(H,25,32)(H,23,24,27,30)(H2,26,28,29,31)/t10-/m1/s1. The molecule has 3 aromatic heterocycles. The SMILES string of the molecule is C[C@@H](NC(=O)c1ncnc2c1CCC(=O)N2)c1ncc(C(=O)Nc2cc(C(C)(C)C)[nH]n2)s1. The highest BCUT2D eigenvalue weighted by atomic mass is 32.1. The lowest BCUT2D eigenvalue weighted by atomic mass is 9.92. The maximum Gasteiger partial charge on any atom is 0.270 e. The van der Waals surface area contributed by atoms with E-state index in [-0.39, 0.29) is 29.3 Å². The molecule has 0 aromatic carbocycles. The molecule has 0 bridgehead atoms. The second kappa shape index (κ2) is 8.70. The Hall–Kier alpha value is -3.67. The fourth-order valence-electron chi connectivity index (χ4n) is 3.25. The van der Waals surface area contributed by atoms with Gasteiger partial charge in [0.15, 0.2) is 5.82 Å². The summed E-state index contributed by atoms with van der Waals surface area (Å²) in [5.41, 5.74) is 1.62. The van der Waals surface area contributed by atoms with Crippen LogP contribution in [0.15, 0.2) is 18.6 Å². The fraction of sp³-hybridized carbons (Fsp3) is 0.381. The largest absolute Gasteiger partial charge is 0.342 e. The molecular formula is C21H24N8O3S. The summed E-state index contributed by atoms with van der Waals surface area (Å²) in [4.78, 5) is 49.8. The number of thiazole rings is 1. The normalized spacial score (nSPS) is 14.2. The van der Waals surface area contributed by atoms with Crippen LogP contribution in [0.2, 0.25) is 0 Å². The second-order valence-electron chi connectivity index (χ2n) is 8.73. The lowest BCUT2D eigenvalue weighted by molar-refractivity contribution is -0.116. The molecule has 0 saturated carbocycles. The minimum atomic E-state index is -0.453. The summed E-state index contributed by atoms with van der Waals surface area (Å²) in [6, 6.07) is 1.35. The second-order valence-corrected chi connectivity index (χ2v) is 9.79. The van der Waals surface area contributed by atoms with Crippen LogP contribution in [-0.4, -0.2) is 42.9 Å². The number of rotatable bonds is 5. The van der Waals surface area contributed by atoms with E-state index in [1.807, 2.05) is 20.8 Å². The lowest BCUT2D eigenvalue weighted by Gasteiger charge is -2.18. The van der Waals surface area contributed by atoms with Gasteiger partial charge in [-0.3, -0.25) is 19.5 Å². The first-order valence-corrected chi connectivity index (χ1v) is 11.2. The van der Waals surface area contributed by atoms with Crippen LogP contribution in [-0.2, 0) is 16.6 Å². The van der Waals surface area contributed by atoms with E-state index in [1.54, 1.807) is 13.0 Å². The van der Waals surface area contributed by atoms with Gasteiger partial charge in [0, 0.05) is 29.2 Å². The number of amides is 3. The van der Waals surface area contributed by atoms with Gasteiger partial charge in [-0.25, -0.2) is 15.0 Å². The Bertz CT molecular complexity index is 1230. The third-order valence-electron chi connectivity index (χ3n) is 5.11. The van der Waals surface area contributed by atoms with Gasteiger partial charge >= 0.3 is 0 Å². The van der Waals surface area contributed by atoms with Crippen molar-refractivity contribution in [3.8, 4) is 0 Å². The number of nitrogens with one attached hydrogen (secondary N) is 4. The fourth-order valence-corrected chi connectivity index (χ4v) is 4.07. The highest BCUT2D eigenvalue weighted by molar-refractivity contribution is 7.13. The van der Waals surface area contributed by atoms with E-state index < -0.39 is 11.9 Å². The topological polar surface area (TPSA) is 155 Å². The van der Waals surface area contributed by atoms with Crippen molar-refractivity contribution in [1.82, 2.24) is 30.5 Å². The van der Waals surface area contributed by atoms with Crippen molar-refractivity contribution in [2.75, 3.05) is 10.6 Å². The van der Waals surface area contributed by atoms with Gasteiger partial charge in [0.2, 0.25) is 5.91 Å². The van der Waals surface area contributed by atoms with Crippen LogP contribution in [0.5, 0.6) is 0 Å². The average Bonchev–Trinajstić information content (AvgIpc) is 3.43. The van der Waals surface area contributed by atoms with Crippen LogP contribution in [0, 0.1) is 0 Å². The third-order valence-corrected chi connectivity index (χ3v) is 6.29. The van der Waals surface area contributed by atoms with E-state index in [0.29, 0.717) is 33.5 Å². The molecule has 4 N–H and O–H groups in total. The molecule has 12 heteroatoms. The van der Waals surface area contributed by atoms with Crippen LogP contribution in [0.4, 0.5) is 11.6 Å². The average molecular weight is 469 g/mol. The smallest absolute Gasteiger partial charge is 0.270 e. The molecule has 0 saturated heterocycles. The van der Waals surface area contributed by atoms with E-state index in [9.17, 15) is 14.4 Å². The molecule has 0 unspecified atom stereocenters. The first kappa shape index (κ1) is 22.5. The molecule has 0 fully saturated rings. The van der Waals surface area contributed by atoms with E-state index in [4.69, 9.17) is 0 Å². The summed E-state index contributed by atoms with van der Waals surface area (Å²) in [5, 5.41) is 15.9. The Kier molecular flexibility index (Phi) is 5.93. The Labute approximate surface area is 193 Å². The zero-order valence-electron chi connectivity index (χ0n) is 18.6. The predicted octanol–water partition coefficient (Wildman–Crippen LogP) is 2.58. The van der Waals surface area contributed by atoms with Gasteiger partial charge in [-0.2, -0.15) is 5.10 Å². The zero-order chi connectivity index (χ0) is 23.8. The molecule has 4 rings (SSSR count). The maximum atomic E-state index is 12.8. The highest BCUT2D eigenvalue weighted by Gasteiger charge is 2.25. The number of nitrogens with zero attached hydrogens (tertiary/aromatic N) is 4. The Morgan fingerprint density at radius 2 is 1.94 bits per heavy atom. The Morgan fingerprint density at radius 1 is 1.15 bits per heavy atom. The number of fused-ring (bicyclic) bond motifs is 1. The van der Waals surface area contributed by atoms with Crippen molar-refractivity contribution >= 4 is 40.7 Å². The minimum Gasteiger partial charge on any atom is -0.342 e. The number of hydrogen-bond donors (Lipinski definition) is 4. The van der Waals surface area contributed by atoms with Crippen LogP contribution < -0.4 is 16.0 Å². The van der Waals surface area contributed by atoms with Crippen molar-refractivity contribution in [3.63, 3.8) is 0 Å². The summed E-state index contributed by atoms with van der Waals surface area (Å²) in [5.74, 6) is -0.0735. The zero-order valence-corrected chi connectivity index (χ0v) is 19.5. The number of anilines is 2. The number of hydrogen-bond acceptors (Lipinski definition) is 8. The maximum absolute atomic E-state index is 12.8. The summed E-state index contributed by atoms with van der Waals surface area (Å²) in [6.45, 7) is 7.91. The van der Waals surface area contributed by atoms with Crippen molar-refractivity contribution < 1.29 is 14.4 Å². The summed E-state index contributed by atoms with van der Waals surface area (Å²) >= 11 is 1.18. The molecule has 1 aliphatic heterocycles. The number of aromatic nitrogens is 5. The molecule has 1 aliphatic rings. The summed E-state index contributed by atoms with van der Waals surface area (Å²) < 4.78 is 0. The molecule has 1 atom stereocenters. The third kappa shape index (κ3) is 4.90. The van der Waals surface area contributed by atoms with Crippen molar-refractivity contribution in [2.45, 2.75) is 52.0 Å². The van der Waals surface area contributed by atoms with Gasteiger partial charge in [0.25, 0.3) is 11.8 Å². The van der Waals surface area contributed by atoms with Crippen molar-refractivity contribution in [2.24, 2.45) is 0 Å². The van der Waals surface area contributed by atoms with E-state index in [0.717, 1.165) is 5.69 Å². The Balaban J connectivity index is 1.42. The van der Waals surface area contributed by atoms with Gasteiger partial charge in [-0.15, -0.1) is 11.3 Å². The quantitative estimate of drug-likeness (QED) is 0.448. The predicted molar refractivity (Wildman–Crippen MR) is 122 cm³/mol. The number of carbonyl (C=O) groups is 3. The van der Waals surface area contributed by atoms with Crippen LogP contribution >= 0.6 is 11.3 Å². The summed E-state index contributed by atoms with van der Waals surface area (Å²) in [7, 11) is 0. The molecule has 3 aromatic rings. The highest BCUT2D eigenvalue weighted by Crippen LogP contribution is 2.25. The molecule has 172 valence electrons. The van der Waals surface area contributed by atoms with Crippen molar-refractivity contribution in [3.05, 3.63) is 45.4 Å². The van der Waals surface area contributed by atoms with Crippen LogP contribution in [0.1, 0.15) is 76.6 Å². The molecule has 4 heterocycles. The first-order valence-electron chi connectivity index (χ1n) is 10.4. The Morgan fingerprint density at radius 3 is 2.67 bits per heavy atom. The lowest BCUT2D eigenvalue weighted by Crippen LogP contribution is -2.30. The molecule has 3 amide bonds. The van der Waals surface area contributed by atoms with Gasteiger partial charge < -0.3 is 16.0 Å². The monoisotopic (exact) mass is 468 g/mol. The summed E-state index contributed by atoms with van der Waals surface area (Å²) in [6.07, 6.45) is 3.38. The van der Waals surface area contributed by atoms with Gasteiger partial charge in [0.1, 0.15) is 27.7 Å².